The van der Waals surface area contributed by atoms with Gasteiger partial charge in [0.15, 0.2) is 0 Å². The second-order valence-corrected chi connectivity index (χ2v) is 8.74. The third-order valence-corrected chi connectivity index (χ3v) is 6.80. The number of benzene rings is 1. The number of aromatic amines is 1. The van der Waals surface area contributed by atoms with E-state index >= 15 is 0 Å². The van der Waals surface area contributed by atoms with E-state index in [0.717, 1.165) is 35.0 Å². The standard InChI is InChI=1S/C21H22ClN3O2S/c1-25(12-13-6-2-4-8-15(13)22)18(26)11-10-17-23-20(27)19-14-7-3-5-9-16(14)28-21(19)24-17/h2,4,6,8H,3,5,7,9-12H2,1H3,(H,23,24,27). The van der Waals surface area contributed by atoms with E-state index in [0.29, 0.717) is 30.2 Å². The average Bonchev–Trinajstić information content (AvgIpc) is 3.06. The molecular weight excluding hydrogens is 394 g/mol. The molecule has 0 spiro atoms. The molecule has 146 valence electrons. The first-order valence-corrected chi connectivity index (χ1v) is 10.7. The first-order chi connectivity index (χ1) is 13.5. The minimum absolute atomic E-state index is 0.00635. The highest BCUT2D eigenvalue weighted by atomic mass is 35.5. The van der Waals surface area contributed by atoms with Gasteiger partial charge in [0.25, 0.3) is 5.56 Å². The van der Waals surface area contributed by atoms with Crippen molar-refractivity contribution in [3.63, 3.8) is 0 Å². The number of thiophene rings is 1. The molecule has 2 heterocycles. The molecule has 1 aromatic carbocycles. The van der Waals surface area contributed by atoms with Gasteiger partial charge in [0.05, 0.1) is 5.39 Å². The molecule has 5 nitrogen and oxygen atoms in total. The van der Waals surface area contributed by atoms with E-state index in [9.17, 15) is 9.59 Å². The first-order valence-electron chi connectivity index (χ1n) is 9.53. The van der Waals surface area contributed by atoms with Gasteiger partial charge in [0.2, 0.25) is 5.91 Å². The van der Waals surface area contributed by atoms with Crippen LogP contribution in [0.25, 0.3) is 10.2 Å². The number of carbonyl (C=O) groups is 1. The first kappa shape index (κ1) is 19.2. The minimum Gasteiger partial charge on any atom is -0.341 e. The molecule has 0 saturated carbocycles. The van der Waals surface area contributed by atoms with Gasteiger partial charge in [-0.3, -0.25) is 9.59 Å². The molecule has 1 aliphatic rings. The van der Waals surface area contributed by atoms with E-state index in [4.69, 9.17) is 11.6 Å². The van der Waals surface area contributed by atoms with Gasteiger partial charge in [-0.05, 0) is 42.9 Å². The number of carbonyl (C=O) groups excluding carboxylic acids is 1. The molecule has 0 atom stereocenters. The molecule has 0 fully saturated rings. The topological polar surface area (TPSA) is 66.1 Å². The van der Waals surface area contributed by atoms with Crippen molar-refractivity contribution in [2.24, 2.45) is 0 Å². The fourth-order valence-electron chi connectivity index (χ4n) is 3.71. The van der Waals surface area contributed by atoms with E-state index in [-0.39, 0.29) is 11.5 Å². The minimum atomic E-state index is -0.0729. The van der Waals surface area contributed by atoms with Crippen molar-refractivity contribution in [2.75, 3.05) is 7.05 Å². The number of fused-ring (bicyclic) bond motifs is 3. The maximum atomic E-state index is 12.6. The second kappa shape index (κ2) is 8.05. The van der Waals surface area contributed by atoms with Crippen molar-refractivity contribution < 1.29 is 4.79 Å². The third kappa shape index (κ3) is 3.84. The van der Waals surface area contributed by atoms with Crippen LogP contribution in [0.5, 0.6) is 0 Å². The quantitative estimate of drug-likeness (QED) is 0.682. The number of halogens is 1. The molecule has 0 radical (unpaired) electrons. The summed E-state index contributed by atoms with van der Waals surface area (Å²) in [5.74, 6) is 0.573. The van der Waals surface area contributed by atoms with Gasteiger partial charge in [0, 0.05) is 36.3 Å². The maximum absolute atomic E-state index is 12.6. The zero-order valence-corrected chi connectivity index (χ0v) is 17.3. The number of amides is 1. The van der Waals surface area contributed by atoms with E-state index in [1.807, 2.05) is 24.3 Å². The fourth-order valence-corrected chi connectivity index (χ4v) is 5.19. The summed E-state index contributed by atoms with van der Waals surface area (Å²) in [5.41, 5.74) is 2.02. The molecular formula is C21H22ClN3O2S. The summed E-state index contributed by atoms with van der Waals surface area (Å²) in [7, 11) is 1.76. The van der Waals surface area contributed by atoms with Gasteiger partial charge in [-0.25, -0.2) is 4.98 Å². The molecule has 3 aromatic rings. The third-order valence-electron chi connectivity index (χ3n) is 5.24. The summed E-state index contributed by atoms with van der Waals surface area (Å²) in [4.78, 5) is 36.4. The summed E-state index contributed by atoms with van der Waals surface area (Å²) in [6.45, 7) is 0.457. The van der Waals surface area contributed by atoms with Crippen LogP contribution in [0.1, 0.15) is 41.1 Å². The van der Waals surface area contributed by atoms with Crippen molar-refractivity contribution in [3.05, 3.63) is 61.5 Å². The molecule has 0 unspecified atom stereocenters. The van der Waals surface area contributed by atoms with Crippen LogP contribution in [-0.2, 0) is 30.6 Å². The van der Waals surface area contributed by atoms with Gasteiger partial charge in [-0.1, -0.05) is 29.8 Å². The van der Waals surface area contributed by atoms with Crippen molar-refractivity contribution >= 4 is 39.1 Å². The number of rotatable bonds is 5. The van der Waals surface area contributed by atoms with Crippen LogP contribution >= 0.6 is 22.9 Å². The highest BCUT2D eigenvalue weighted by Crippen LogP contribution is 2.33. The Balaban J connectivity index is 1.46. The van der Waals surface area contributed by atoms with Crippen molar-refractivity contribution in [3.8, 4) is 0 Å². The normalized spacial score (nSPS) is 13.5. The zero-order valence-electron chi connectivity index (χ0n) is 15.8. The molecule has 4 rings (SSSR count). The molecule has 1 aliphatic carbocycles. The number of aryl methyl sites for hydroxylation is 3. The Morgan fingerprint density at radius 3 is 2.89 bits per heavy atom. The van der Waals surface area contributed by atoms with Crippen LogP contribution in [0.2, 0.25) is 5.02 Å². The highest BCUT2D eigenvalue weighted by Gasteiger charge is 2.20. The summed E-state index contributed by atoms with van der Waals surface area (Å²) >= 11 is 7.81. The Morgan fingerprint density at radius 1 is 1.29 bits per heavy atom. The lowest BCUT2D eigenvalue weighted by Crippen LogP contribution is -2.27. The lowest BCUT2D eigenvalue weighted by molar-refractivity contribution is -0.130. The monoisotopic (exact) mass is 415 g/mol. The average molecular weight is 416 g/mol. The number of nitrogens with zero attached hydrogens (tertiary/aromatic N) is 2. The van der Waals surface area contributed by atoms with Gasteiger partial charge in [-0.15, -0.1) is 11.3 Å². The Bertz CT molecular complexity index is 1090. The second-order valence-electron chi connectivity index (χ2n) is 7.24. The van der Waals surface area contributed by atoms with E-state index in [1.54, 1.807) is 23.3 Å². The van der Waals surface area contributed by atoms with Gasteiger partial charge < -0.3 is 9.88 Å². The lowest BCUT2D eigenvalue weighted by atomic mass is 9.97. The number of H-pyrrole nitrogens is 1. The lowest BCUT2D eigenvalue weighted by Gasteiger charge is -2.18. The molecule has 1 amide bonds. The Kier molecular flexibility index (Phi) is 5.51. The highest BCUT2D eigenvalue weighted by molar-refractivity contribution is 7.18. The predicted molar refractivity (Wildman–Crippen MR) is 113 cm³/mol. The number of nitrogens with one attached hydrogen (secondary N) is 1. The molecule has 0 bridgehead atoms. The molecule has 0 saturated heterocycles. The molecule has 0 aliphatic heterocycles. The van der Waals surface area contributed by atoms with Crippen LogP contribution in [0, 0.1) is 0 Å². The fraction of sp³-hybridized carbons (Fsp3) is 0.381. The van der Waals surface area contributed by atoms with E-state index in [1.165, 1.54) is 16.9 Å². The van der Waals surface area contributed by atoms with Crippen LogP contribution in [-0.4, -0.2) is 27.8 Å². The smallest absolute Gasteiger partial charge is 0.259 e. The summed E-state index contributed by atoms with van der Waals surface area (Å²) in [6, 6.07) is 7.51. The van der Waals surface area contributed by atoms with Crippen molar-refractivity contribution in [1.82, 2.24) is 14.9 Å². The van der Waals surface area contributed by atoms with Crippen molar-refractivity contribution in [2.45, 2.75) is 45.1 Å². The summed E-state index contributed by atoms with van der Waals surface area (Å²) in [5, 5.41) is 1.41. The summed E-state index contributed by atoms with van der Waals surface area (Å²) in [6.07, 6.45) is 5.02. The molecule has 2 aromatic heterocycles. The molecule has 1 N–H and O–H groups in total. The van der Waals surface area contributed by atoms with E-state index < -0.39 is 0 Å². The Morgan fingerprint density at radius 2 is 2.07 bits per heavy atom. The SMILES string of the molecule is CN(Cc1ccccc1Cl)C(=O)CCc1nc2sc3c(c2c(=O)[nH]1)CCCC3. The molecule has 7 heteroatoms. The van der Waals surface area contributed by atoms with Gasteiger partial charge in [0.1, 0.15) is 10.7 Å². The number of hydrogen-bond donors (Lipinski definition) is 1. The van der Waals surface area contributed by atoms with Crippen LogP contribution in [0.4, 0.5) is 0 Å². The van der Waals surface area contributed by atoms with Crippen LogP contribution in [0.15, 0.2) is 29.1 Å². The van der Waals surface area contributed by atoms with Gasteiger partial charge in [-0.2, -0.15) is 0 Å². The zero-order chi connectivity index (χ0) is 19.7. The van der Waals surface area contributed by atoms with E-state index in [2.05, 4.69) is 9.97 Å². The number of hydrogen-bond acceptors (Lipinski definition) is 4. The van der Waals surface area contributed by atoms with Crippen molar-refractivity contribution in [1.29, 1.82) is 0 Å². The van der Waals surface area contributed by atoms with Gasteiger partial charge >= 0.3 is 0 Å². The Labute approximate surface area is 172 Å². The van der Waals surface area contributed by atoms with Crippen LogP contribution < -0.4 is 5.56 Å². The number of aromatic nitrogens is 2. The summed E-state index contributed by atoms with van der Waals surface area (Å²) < 4.78 is 0. The maximum Gasteiger partial charge on any atom is 0.259 e. The van der Waals surface area contributed by atoms with Crippen LogP contribution in [0.3, 0.4) is 0 Å². The largest absolute Gasteiger partial charge is 0.341 e. The molecule has 28 heavy (non-hydrogen) atoms. The Hall–Kier alpha value is -2.18. The predicted octanol–water partition coefficient (Wildman–Crippen LogP) is 4.11.